The van der Waals surface area contributed by atoms with Gasteiger partial charge in [0, 0.05) is 16.6 Å². The molecule has 4 rings (SSSR count). The third-order valence-electron chi connectivity index (χ3n) is 5.37. The van der Waals surface area contributed by atoms with Gasteiger partial charge >= 0.3 is 0 Å². The molecule has 1 amide bonds. The Balaban J connectivity index is 1.71. The van der Waals surface area contributed by atoms with Crippen molar-refractivity contribution in [3.8, 4) is 0 Å². The fraction of sp³-hybridized carbons (Fsp3) is 0.120. The lowest BCUT2D eigenvalue weighted by atomic mass is 9.90. The second-order valence-electron chi connectivity index (χ2n) is 7.21. The number of aromatic amines is 1. The molecule has 2 N–H and O–H groups in total. The summed E-state index contributed by atoms with van der Waals surface area (Å²) in [7, 11) is 0. The van der Waals surface area contributed by atoms with E-state index in [1.54, 1.807) is 0 Å². The number of carbonyl (C=O) groups is 1. The number of fused-ring (bicyclic) bond motifs is 1. The Morgan fingerprint density at radius 2 is 1.41 bits per heavy atom. The highest BCUT2D eigenvalue weighted by Gasteiger charge is 2.22. The molecule has 3 aromatic carbocycles. The predicted octanol–water partition coefficient (Wildman–Crippen LogP) is 4.92. The lowest BCUT2D eigenvalue weighted by Gasteiger charge is -2.18. The number of anilines is 1. The molecule has 4 aromatic rings. The third kappa shape index (κ3) is 3.69. The maximum atomic E-state index is 13.3. The predicted molar refractivity (Wildman–Crippen MR) is 117 cm³/mol. The fourth-order valence-electron chi connectivity index (χ4n) is 3.64. The average molecular weight is 382 g/mol. The number of rotatable bonds is 4. The molecule has 29 heavy (non-hydrogen) atoms. The van der Waals surface area contributed by atoms with Gasteiger partial charge in [-0.1, -0.05) is 66.7 Å². The topological polar surface area (TPSA) is 62.0 Å². The molecular weight excluding hydrogens is 360 g/mol. The Labute approximate surface area is 169 Å². The average Bonchev–Trinajstić information content (AvgIpc) is 2.74. The van der Waals surface area contributed by atoms with E-state index in [9.17, 15) is 9.59 Å². The van der Waals surface area contributed by atoms with E-state index in [1.165, 1.54) is 0 Å². The zero-order valence-corrected chi connectivity index (χ0v) is 16.4. The van der Waals surface area contributed by atoms with Crippen LogP contribution in [0, 0.1) is 13.8 Å². The summed E-state index contributed by atoms with van der Waals surface area (Å²) in [5.74, 6) is -0.542. The molecule has 4 heteroatoms. The van der Waals surface area contributed by atoms with Crippen molar-refractivity contribution in [1.82, 2.24) is 4.98 Å². The van der Waals surface area contributed by atoms with Gasteiger partial charge in [0.05, 0.1) is 11.4 Å². The smallest absolute Gasteiger partial charge is 0.251 e. The first-order chi connectivity index (χ1) is 14.0. The standard InChI is InChI=1S/C25H22N2O2/c1-16-17(2)24(28)27-22-15-20(13-14-21(16)22)26-25(29)23(18-9-5-3-6-10-18)19-11-7-4-8-12-19/h3-15,23H,1-2H3,(H,26,29)(H,27,28). The largest absolute Gasteiger partial charge is 0.325 e. The number of hydrogen-bond acceptors (Lipinski definition) is 2. The molecule has 0 saturated heterocycles. The zero-order valence-electron chi connectivity index (χ0n) is 16.4. The highest BCUT2D eigenvalue weighted by atomic mass is 16.2. The molecule has 0 aliphatic rings. The molecule has 4 nitrogen and oxygen atoms in total. The van der Waals surface area contributed by atoms with Gasteiger partial charge < -0.3 is 10.3 Å². The van der Waals surface area contributed by atoms with E-state index in [2.05, 4.69) is 10.3 Å². The van der Waals surface area contributed by atoms with E-state index in [4.69, 9.17) is 0 Å². The SMILES string of the molecule is Cc1c(C)c2ccc(NC(=O)C(c3ccccc3)c3ccccc3)cc2[nH]c1=O. The molecular formula is C25H22N2O2. The highest BCUT2D eigenvalue weighted by Crippen LogP contribution is 2.27. The van der Waals surface area contributed by atoms with E-state index < -0.39 is 5.92 Å². The lowest BCUT2D eigenvalue weighted by molar-refractivity contribution is -0.116. The number of nitrogens with one attached hydrogen (secondary N) is 2. The first-order valence-electron chi connectivity index (χ1n) is 9.58. The highest BCUT2D eigenvalue weighted by molar-refractivity contribution is 5.99. The van der Waals surface area contributed by atoms with Crippen molar-refractivity contribution in [3.05, 3.63) is 111 Å². The van der Waals surface area contributed by atoms with Crippen molar-refractivity contribution in [1.29, 1.82) is 0 Å². The number of amides is 1. The summed E-state index contributed by atoms with van der Waals surface area (Å²) in [6, 6.07) is 25.1. The van der Waals surface area contributed by atoms with Gasteiger partial charge in [-0.2, -0.15) is 0 Å². The molecule has 0 bridgehead atoms. The maximum absolute atomic E-state index is 13.3. The third-order valence-corrected chi connectivity index (χ3v) is 5.37. The van der Waals surface area contributed by atoms with Crippen molar-refractivity contribution in [2.45, 2.75) is 19.8 Å². The second-order valence-corrected chi connectivity index (χ2v) is 7.21. The van der Waals surface area contributed by atoms with Gasteiger partial charge in [-0.25, -0.2) is 0 Å². The van der Waals surface area contributed by atoms with E-state index in [-0.39, 0.29) is 11.5 Å². The number of aryl methyl sites for hydroxylation is 1. The molecule has 1 aromatic heterocycles. The monoisotopic (exact) mass is 382 g/mol. The molecule has 0 aliphatic carbocycles. The van der Waals surface area contributed by atoms with Crippen molar-refractivity contribution in [2.75, 3.05) is 5.32 Å². The lowest BCUT2D eigenvalue weighted by Crippen LogP contribution is -2.22. The minimum absolute atomic E-state index is 0.107. The van der Waals surface area contributed by atoms with Crippen LogP contribution in [0.15, 0.2) is 83.7 Å². The number of hydrogen-bond donors (Lipinski definition) is 2. The van der Waals surface area contributed by atoms with Crippen LogP contribution in [0.3, 0.4) is 0 Å². The quantitative estimate of drug-likeness (QED) is 0.526. The molecule has 0 fully saturated rings. The number of carbonyl (C=O) groups excluding carboxylic acids is 1. The summed E-state index contributed by atoms with van der Waals surface area (Å²) in [5, 5.41) is 4.00. The maximum Gasteiger partial charge on any atom is 0.251 e. The van der Waals surface area contributed by atoms with Crippen LogP contribution in [0.4, 0.5) is 5.69 Å². The summed E-state index contributed by atoms with van der Waals surface area (Å²) in [4.78, 5) is 28.3. The summed E-state index contributed by atoms with van der Waals surface area (Å²) < 4.78 is 0. The molecule has 0 unspecified atom stereocenters. The van der Waals surface area contributed by atoms with Gasteiger partial charge in [-0.15, -0.1) is 0 Å². The van der Waals surface area contributed by atoms with Gasteiger partial charge in [-0.3, -0.25) is 9.59 Å². The first kappa shape index (κ1) is 18.7. The van der Waals surface area contributed by atoms with Crippen molar-refractivity contribution in [3.63, 3.8) is 0 Å². The van der Waals surface area contributed by atoms with Gasteiger partial charge in [0.25, 0.3) is 5.56 Å². The van der Waals surface area contributed by atoms with Crippen LogP contribution in [0.2, 0.25) is 0 Å². The van der Waals surface area contributed by atoms with E-state index >= 15 is 0 Å². The van der Waals surface area contributed by atoms with Gasteiger partial charge in [0.1, 0.15) is 0 Å². The molecule has 0 radical (unpaired) electrons. The summed E-state index contributed by atoms with van der Waals surface area (Å²) in [6.45, 7) is 3.75. The van der Waals surface area contributed by atoms with Crippen molar-refractivity contribution in [2.24, 2.45) is 0 Å². The number of benzene rings is 3. The zero-order chi connectivity index (χ0) is 20.4. The number of pyridine rings is 1. The van der Waals surface area contributed by atoms with Crippen LogP contribution in [-0.4, -0.2) is 10.9 Å². The minimum atomic E-state index is -0.424. The van der Waals surface area contributed by atoms with Crippen LogP contribution in [-0.2, 0) is 4.79 Å². The molecule has 0 atom stereocenters. The van der Waals surface area contributed by atoms with Crippen LogP contribution >= 0.6 is 0 Å². The summed E-state index contributed by atoms with van der Waals surface area (Å²) in [6.07, 6.45) is 0. The Morgan fingerprint density at radius 1 is 0.828 bits per heavy atom. The van der Waals surface area contributed by atoms with E-state index in [0.717, 1.165) is 22.1 Å². The van der Waals surface area contributed by atoms with Gasteiger partial charge in [0.2, 0.25) is 5.91 Å². The Hall–Kier alpha value is -3.66. The van der Waals surface area contributed by atoms with Gasteiger partial charge in [0.15, 0.2) is 0 Å². The van der Waals surface area contributed by atoms with Crippen molar-refractivity contribution >= 4 is 22.5 Å². The van der Waals surface area contributed by atoms with Gasteiger partial charge in [-0.05, 0) is 42.7 Å². The summed E-state index contributed by atoms with van der Waals surface area (Å²) >= 11 is 0. The number of H-pyrrole nitrogens is 1. The Bertz CT molecular complexity index is 1190. The first-order valence-corrected chi connectivity index (χ1v) is 9.58. The van der Waals surface area contributed by atoms with Crippen LogP contribution in [0.25, 0.3) is 10.9 Å². The Kier molecular flexibility index (Phi) is 5.00. The molecule has 144 valence electrons. The van der Waals surface area contributed by atoms with Crippen LogP contribution < -0.4 is 10.9 Å². The molecule has 1 heterocycles. The Morgan fingerprint density at radius 3 is 2.00 bits per heavy atom. The number of aromatic nitrogens is 1. The molecule has 0 spiro atoms. The normalized spacial score (nSPS) is 11.0. The van der Waals surface area contributed by atoms with Crippen LogP contribution in [0.5, 0.6) is 0 Å². The van der Waals surface area contributed by atoms with E-state index in [0.29, 0.717) is 16.8 Å². The van der Waals surface area contributed by atoms with E-state index in [1.807, 2.05) is 92.7 Å². The van der Waals surface area contributed by atoms with Crippen molar-refractivity contribution < 1.29 is 4.79 Å². The second kappa shape index (κ2) is 7.76. The fourth-order valence-corrected chi connectivity index (χ4v) is 3.64. The van der Waals surface area contributed by atoms with Crippen LogP contribution in [0.1, 0.15) is 28.2 Å². The molecule has 0 aliphatic heterocycles. The minimum Gasteiger partial charge on any atom is -0.325 e. The molecule has 0 saturated carbocycles. The summed E-state index contributed by atoms with van der Waals surface area (Å²) in [5.41, 5.74) is 4.78.